The summed E-state index contributed by atoms with van der Waals surface area (Å²) in [6.45, 7) is 2.76. The van der Waals surface area contributed by atoms with Gasteiger partial charge in [-0.25, -0.2) is 0 Å². The molecule has 160 valence electrons. The van der Waals surface area contributed by atoms with Gasteiger partial charge >= 0.3 is 0 Å². The van der Waals surface area contributed by atoms with Crippen LogP contribution in [0, 0.1) is 0 Å². The number of para-hydroxylation sites is 2. The molecule has 0 fully saturated rings. The molecule has 0 saturated heterocycles. The minimum absolute atomic E-state index is 0.0175. The number of aromatic nitrogens is 2. The van der Waals surface area contributed by atoms with Gasteiger partial charge in [0.15, 0.2) is 11.5 Å². The molecule has 32 heavy (non-hydrogen) atoms. The summed E-state index contributed by atoms with van der Waals surface area (Å²) in [5, 5.41) is 1.71. The Morgan fingerprint density at radius 3 is 2.06 bits per heavy atom. The van der Waals surface area contributed by atoms with Crippen LogP contribution in [0.3, 0.4) is 0 Å². The monoisotopic (exact) mass is 426 g/mol. The Kier molecular flexibility index (Phi) is 4.70. The van der Waals surface area contributed by atoms with Crippen molar-refractivity contribution in [3.8, 4) is 0 Å². The SMILES string of the molecule is CCn1cc(C2=C(OC)C(=O)C(c3c[nH]c4ccccc34)=C(OC)C2=O)c2ccccc21. The molecule has 2 heterocycles. The number of Topliss-reactive ketones (excluding diaryl/α,β-unsaturated/α-hetero) is 2. The molecule has 0 amide bonds. The van der Waals surface area contributed by atoms with Gasteiger partial charge in [0.1, 0.15) is 0 Å². The molecule has 0 aliphatic heterocycles. The number of carbonyl (C=O) groups excluding carboxylic acids is 2. The molecule has 0 atom stereocenters. The molecule has 2 aromatic heterocycles. The van der Waals surface area contributed by atoms with Crippen LogP contribution in [0.4, 0.5) is 0 Å². The lowest BCUT2D eigenvalue weighted by molar-refractivity contribution is -0.117. The lowest BCUT2D eigenvalue weighted by Gasteiger charge is -2.22. The van der Waals surface area contributed by atoms with Crippen molar-refractivity contribution in [3.05, 3.63) is 83.6 Å². The Hall–Kier alpha value is -4.06. The zero-order chi connectivity index (χ0) is 22.4. The first-order chi connectivity index (χ1) is 15.6. The van der Waals surface area contributed by atoms with Crippen LogP contribution in [-0.4, -0.2) is 35.3 Å². The summed E-state index contributed by atoms with van der Waals surface area (Å²) >= 11 is 0. The van der Waals surface area contributed by atoms with Crippen molar-refractivity contribution >= 4 is 44.5 Å². The molecular weight excluding hydrogens is 404 g/mol. The van der Waals surface area contributed by atoms with Crippen LogP contribution in [0.15, 0.2) is 72.4 Å². The van der Waals surface area contributed by atoms with Gasteiger partial charge in [-0.05, 0) is 19.1 Å². The van der Waals surface area contributed by atoms with Crippen molar-refractivity contribution in [2.24, 2.45) is 0 Å². The number of nitrogens with zero attached hydrogens (tertiary/aromatic N) is 1. The first-order valence-corrected chi connectivity index (χ1v) is 10.4. The second kappa shape index (κ2) is 7.57. The van der Waals surface area contributed by atoms with E-state index >= 15 is 0 Å². The molecule has 5 rings (SSSR count). The van der Waals surface area contributed by atoms with E-state index in [1.807, 2.05) is 66.2 Å². The van der Waals surface area contributed by atoms with E-state index in [1.54, 1.807) is 6.20 Å². The maximum absolute atomic E-state index is 13.8. The fourth-order valence-electron chi connectivity index (χ4n) is 4.53. The van der Waals surface area contributed by atoms with Gasteiger partial charge in [-0.1, -0.05) is 36.4 Å². The van der Waals surface area contributed by atoms with E-state index in [0.717, 1.165) is 28.4 Å². The fourth-order valence-corrected chi connectivity index (χ4v) is 4.53. The quantitative estimate of drug-likeness (QED) is 0.469. The fraction of sp³-hybridized carbons (Fsp3) is 0.154. The number of ether oxygens (including phenoxy) is 2. The first kappa shape index (κ1) is 19.9. The maximum Gasteiger partial charge on any atom is 0.232 e. The van der Waals surface area contributed by atoms with Crippen LogP contribution in [0.25, 0.3) is 33.0 Å². The van der Waals surface area contributed by atoms with Gasteiger partial charge in [0, 0.05) is 51.9 Å². The average molecular weight is 426 g/mol. The smallest absolute Gasteiger partial charge is 0.232 e. The first-order valence-electron chi connectivity index (χ1n) is 10.4. The predicted octanol–water partition coefficient (Wildman–Crippen LogP) is 4.71. The third-order valence-electron chi connectivity index (χ3n) is 5.99. The highest BCUT2D eigenvalue weighted by molar-refractivity contribution is 6.48. The minimum atomic E-state index is -0.378. The van der Waals surface area contributed by atoms with E-state index in [9.17, 15) is 9.59 Å². The summed E-state index contributed by atoms with van der Waals surface area (Å²) in [5.41, 5.74) is 3.55. The highest BCUT2D eigenvalue weighted by Gasteiger charge is 2.39. The van der Waals surface area contributed by atoms with Crippen LogP contribution in [0.5, 0.6) is 0 Å². The summed E-state index contributed by atoms with van der Waals surface area (Å²) in [5.74, 6) is -0.709. The van der Waals surface area contributed by atoms with E-state index in [0.29, 0.717) is 11.1 Å². The molecule has 4 aromatic rings. The molecule has 6 heteroatoms. The van der Waals surface area contributed by atoms with Gasteiger partial charge in [0.05, 0.1) is 25.4 Å². The van der Waals surface area contributed by atoms with Gasteiger partial charge in [-0.3, -0.25) is 9.59 Å². The zero-order valence-electron chi connectivity index (χ0n) is 18.1. The molecule has 1 aliphatic rings. The van der Waals surface area contributed by atoms with Crippen molar-refractivity contribution in [2.75, 3.05) is 14.2 Å². The van der Waals surface area contributed by atoms with Crippen LogP contribution in [0.1, 0.15) is 18.1 Å². The van der Waals surface area contributed by atoms with Gasteiger partial charge in [0.25, 0.3) is 0 Å². The molecule has 0 radical (unpaired) electrons. The number of allylic oxidation sites excluding steroid dienone is 2. The molecule has 1 N–H and O–H groups in total. The summed E-state index contributed by atoms with van der Waals surface area (Å²) in [6, 6.07) is 15.4. The Morgan fingerprint density at radius 2 is 1.41 bits per heavy atom. The number of H-pyrrole nitrogens is 1. The van der Waals surface area contributed by atoms with E-state index in [1.165, 1.54) is 14.2 Å². The van der Waals surface area contributed by atoms with Crippen LogP contribution in [0.2, 0.25) is 0 Å². The number of hydrogen-bond acceptors (Lipinski definition) is 4. The molecule has 0 spiro atoms. The third kappa shape index (κ3) is 2.73. The number of aromatic amines is 1. The molecule has 0 saturated carbocycles. The largest absolute Gasteiger partial charge is 0.492 e. The Balaban J connectivity index is 1.77. The van der Waals surface area contributed by atoms with E-state index in [4.69, 9.17) is 9.47 Å². The number of fused-ring (bicyclic) bond motifs is 2. The summed E-state index contributed by atoms with van der Waals surface area (Å²) in [6.07, 6.45) is 3.62. The van der Waals surface area contributed by atoms with Crippen LogP contribution >= 0.6 is 0 Å². The molecular formula is C26H22N2O4. The van der Waals surface area contributed by atoms with Gasteiger partial charge in [-0.15, -0.1) is 0 Å². The summed E-state index contributed by atoms with van der Waals surface area (Å²) in [7, 11) is 2.84. The number of aryl methyl sites for hydroxylation is 1. The van der Waals surface area contributed by atoms with Crippen molar-refractivity contribution in [1.82, 2.24) is 9.55 Å². The van der Waals surface area contributed by atoms with Crippen LogP contribution in [-0.2, 0) is 25.6 Å². The van der Waals surface area contributed by atoms with Gasteiger partial charge in [-0.2, -0.15) is 0 Å². The lowest BCUT2D eigenvalue weighted by Crippen LogP contribution is -2.24. The van der Waals surface area contributed by atoms with Crippen LogP contribution < -0.4 is 0 Å². The number of hydrogen-bond donors (Lipinski definition) is 1. The highest BCUT2D eigenvalue weighted by atomic mass is 16.5. The van der Waals surface area contributed by atoms with Crippen molar-refractivity contribution in [2.45, 2.75) is 13.5 Å². The average Bonchev–Trinajstić information content (AvgIpc) is 3.41. The number of rotatable bonds is 5. The molecule has 0 bridgehead atoms. The number of benzene rings is 2. The third-order valence-corrected chi connectivity index (χ3v) is 5.99. The lowest BCUT2D eigenvalue weighted by atomic mass is 9.86. The highest BCUT2D eigenvalue weighted by Crippen LogP contribution is 2.40. The molecule has 1 aliphatic carbocycles. The standard InChI is InChI=1S/C26H22N2O4/c1-4-28-14-18(16-10-6-8-12-20(16)28)22-24(30)25(31-2)21(23(29)26(22)32-3)17-13-27-19-11-7-5-9-15(17)19/h5-14,27H,4H2,1-3H3. The van der Waals surface area contributed by atoms with E-state index < -0.39 is 0 Å². The number of nitrogens with one attached hydrogen (secondary N) is 1. The molecule has 6 nitrogen and oxygen atoms in total. The topological polar surface area (TPSA) is 73.3 Å². The summed E-state index contributed by atoms with van der Waals surface area (Å²) < 4.78 is 13.2. The second-order valence-electron chi connectivity index (χ2n) is 7.57. The van der Waals surface area contributed by atoms with Crippen molar-refractivity contribution < 1.29 is 19.1 Å². The number of carbonyl (C=O) groups is 2. The number of ketones is 2. The van der Waals surface area contributed by atoms with Crippen molar-refractivity contribution in [3.63, 3.8) is 0 Å². The van der Waals surface area contributed by atoms with Crippen molar-refractivity contribution in [1.29, 1.82) is 0 Å². The van der Waals surface area contributed by atoms with E-state index in [2.05, 4.69) is 4.98 Å². The Labute approximate surface area is 184 Å². The van der Waals surface area contributed by atoms with Gasteiger partial charge in [0.2, 0.25) is 11.6 Å². The minimum Gasteiger partial charge on any atom is -0.492 e. The van der Waals surface area contributed by atoms with E-state index in [-0.39, 0.29) is 34.2 Å². The Bertz CT molecular complexity index is 1470. The normalized spacial score (nSPS) is 14.7. The van der Waals surface area contributed by atoms with Gasteiger partial charge < -0.3 is 19.0 Å². The second-order valence-corrected chi connectivity index (χ2v) is 7.57. The predicted molar refractivity (Wildman–Crippen MR) is 124 cm³/mol. The molecule has 2 aromatic carbocycles. The zero-order valence-corrected chi connectivity index (χ0v) is 18.1. The Morgan fingerprint density at radius 1 is 0.812 bits per heavy atom. The number of methoxy groups -OCH3 is 2. The summed E-state index contributed by atoms with van der Waals surface area (Å²) in [4.78, 5) is 30.6. The molecule has 0 unspecified atom stereocenters. The maximum atomic E-state index is 13.8.